The summed E-state index contributed by atoms with van der Waals surface area (Å²) in [6.07, 6.45) is 0. The average molecular weight is 407 g/mol. The number of halogens is 3. The van der Waals surface area contributed by atoms with Gasteiger partial charge in [0.25, 0.3) is 15.7 Å². The second-order valence-corrected chi connectivity index (χ2v) is 6.87. The van der Waals surface area contributed by atoms with Gasteiger partial charge in [-0.05, 0) is 18.2 Å². The first-order chi connectivity index (χ1) is 12.1. The van der Waals surface area contributed by atoms with E-state index in [1.165, 1.54) is 0 Å². The molecule has 0 aliphatic carbocycles. The monoisotopic (exact) mass is 406 g/mol. The predicted molar refractivity (Wildman–Crippen MR) is 86.6 cm³/mol. The number of nitro benzene ring substituents is 1. The summed E-state index contributed by atoms with van der Waals surface area (Å²) in [5.74, 6) is -3.70. The van der Waals surface area contributed by atoms with Crippen LogP contribution in [0, 0.1) is 21.7 Å². The van der Waals surface area contributed by atoms with Gasteiger partial charge in [0.1, 0.15) is 16.7 Å². The zero-order valence-corrected chi connectivity index (χ0v) is 14.4. The summed E-state index contributed by atoms with van der Waals surface area (Å²) in [6, 6.07) is 3.52. The van der Waals surface area contributed by atoms with Gasteiger partial charge in [-0.2, -0.15) is 0 Å². The Balaban J connectivity index is 2.49. The summed E-state index contributed by atoms with van der Waals surface area (Å²) < 4.78 is 58.2. The highest BCUT2D eigenvalue weighted by atomic mass is 35.5. The van der Waals surface area contributed by atoms with E-state index in [9.17, 15) is 32.1 Å². The summed E-state index contributed by atoms with van der Waals surface area (Å²) in [7, 11) is -3.54. The number of nitrogens with one attached hydrogen (secondary N) is 1. The third kappa shape index (κ3) is 3.89. The normalized spacial score (nSPS) is 11.1. The molecule has 0 fully saturated rings. The van der Waals surface area contributed by atoms with Gasteiger partial charge in [0.2, 0.25) is 0 Å². The number of carbonyl (C=O) groups excluding carboxylic acids is 1. The van der Waals surface area contributed by atoms with E-state index in [0.717, 1.165) is 19.2 Å². The van der Waals surface area contributed by atoms with E-state index in [1.807, 2.05) is 0 Å². The van der Waals surface area contributed by atoms with Crippen LogP contribution in [0.15, 0.2) is 35.2 Å². The number of esters is 1. The molecular formula is C14H9ClF2N2O6S. The van der Waals surface area contributed by atoms with Gasteiger partial charge in [0.15, 0.2) is 0 Å². The standard InChI is InChI=1S/C14H9ClF2N2O6S/c1-25-14(20)8-5-12(11(17)6-10(8)16)18-26(23,24)7-2-3-9(15)13(4-7)19(21)22/h2-6,18H,1H3. The van der Waals surface area contributed by atoms with Crippen molar-refractivity contribution in [2.45, 2.75) is 4.90 Å². The fourth-order valence-electron chi connectivity index (χ4n) is 1.90. The Labute approximate surface area is 150 Å². The van der Waals surface area contributed by atoms with Gasteiger partial charge in [-0.15, -0.1) is 0 Å². The number of benzene rings is 2. The van der Waals surface area contributed by atoms with Crippen LogP contribution < -0.4 is 4.72 Å². The molecule has 0 heterocycles. The lowest BCUT2D eigenvalue weighted by Gasteiger charge is -2.11. The summed E-state index contributed by atoms with van der Waals surface area (Å²) in [6.45, 7) is 0. The van der Waals surface area contributed by atoms with E-state index in [1.54, 1.807) is 4.72 Å². The van der Waals surface area contributed by atoms with Crippen LogP contribution in [0.2, 0.25) is 5.02 Å². The highest BCUT2D eigenvalue weighted by Crippen LogP contribution is 2.29. The Morgan fingerprint density at radius 2 is 1.88 bits per heavy atom. The van der Waals surface area contributed by atoms with Crippen molar-refractivity contribution in [2.24, 2.45) is 0 Å². The first-order valence-electron chi connectivity index (χ1n) is 6.61. The van der Waals surface area contributed by atoms with Gasteiger partial charge >= 0.3 is 5.97 Å². The highest BCUT2D eigenvalue weighted by Gasteiger charge is 2.24. The molecule has 12 heteroatoms. The molecule has 0 aliphatic rings. The maximum atomic E-state index is 13.9. The van der Waals surface area contributed by atoms with Crippen LogP contribution >= 0.6 is 11.6 Å². The van der Waals surface area contributed by atoms with Crippen LogP contribution in [-0.4, -0.2) is 26.4 Å². The van der Waals surface area contributed by atoms with E-state index in [0.29, 0.717) is 18.2 Å². The van der Waals surface area contributed by atoms with Crippen molar-refractivity contribution >= 4 is 39.0 Å². The maximum absolute atomic E-state index is 13.9. The number of nitrogens with zero attached hydrogens (tertiary/aromatic N) is 1. The minimum atomic E-state index is -4.50. The molecule has 0 aliphatic heterocycles. The largest absolute Gasteiger partial charge is 0.465 e. The van der Waals surface area contributed by atoms with Crippen molar-refractivity contribution in [1.82, 2.24) is 0 Å². The van der Waals surface area contributed by atoms with E-state index >= 15 is 0 Å². The minimum Gasteiger partial charge on any atom is -0.465 e. The lowest BCUT2D eigenvalue weighted by molar-refractivity contribution is -0.384. The second kappa shape index (κ2) is 7.22. The lowest BCUT2D eigenvalue weighted by Crippen LogP contribution is -2.16. The van der Waals surface area contributed by atoms with Crippen LogP contribution in [0.25, 0.3) is 0 Å². The maximum Gasteiger partial charge on any atom is 0.340 e. The first-order valence-corrected chi connectivity index (χ1v) is 8.47. The molecule has 8 nitrogen and oxygen atoms in total. The van der Waals surface area contributed by atoms with E-state index in [4.69, 9.17) is 11.6 Å². The predicted octanol–water partition coefficient (Wildman–Crippen LogP) is 3.11. The van der Waals surface area contributed by atoms with Crippen LogP contribution in [0.4, 0.5) is 20.2 Å². The molecule has 0 radical (unpaired) electrons. The van der Waals surface area contributed by atoms with E-state index in [-0.39, 0.29) is 5.02 Å². The number of methoxy groups -OCH3 is 1. The van der Waals surface area contributed by atoms with E-state index in [2.05, 4.69) is 4.74 Å². The molecule has 0 amide bonds. The zero-order chi connectivity index (χ0) is 19.6. The SMILES string of the molecule is COC(=O)c1cc(NS(=O)(=O)c2ccc(Cl)c([N+](=O)[O-])c2)c(F)cc1F. The summed E-state index contributed by atoms with van der Waals surface area (Å²) in [4.78, 5) is 20.8. The molecule has 26 heavy (non-hydrogen) atoms. The average Bonchev–Trinajstić information content (AvgIpc) is 2.56. The second-order valence-electron chi connectivity index (χ2n) is 4.78. The molecule has 2 aromatic rings. The van der Waals surface area contributed by atoms with Crippen molar-refractivity contribution in [3.05, 3.63) is 62.7 Å². The zero-order valence-electron chi connectivity index (χ0n) is 12.8. The number of nitro groups is 1. The smallest absolute Gasteiger partial charge is 0.340 e. The van der Waals surface area contributed by atoms with Gasteiger partial charge < -0.3 is 4.74 Å². The first kappa shape index (κ1) is 19.5. The molecule has 0 saturated carbocycles. The molecular weight excluding hydrogens is 398 g/mol. The number of hydrogen-bond donors (Lipinski definition) is 1. The molecule has 0 saturated heterocycles. The molecule has 0 aromatic heterocycles. The molecule has 0 atom stereocenters. The van der Waals surface area contributed by atoms with Gasteiger partial charge in [0.05, 0.1) is 28.2 Å². The third-order valence-corrected chi connectivity index (χ3v) is 4.81. The van der Waals surface area contributed by atoms with E-state index < -0.39 is 54.4 Å². The fourth-order valence-corrected chi connectivity index (χ4v) is 3.16. The van der Waals surface area contributed by atoms with Gasteiger partial charge in [-0.25, -0.2) is 22.0 Å². The fraction of sp³-hybridized carbons (Fsp3) is 0.0714. The Kier molecular flexibility index (Phi) is 5.42. The molecule has 2 aromatic carbocycles. The minimum absolute atomic E-state index is 0.296. The van der Waals surface area contributed by atoms with Crippen LogP contribution in [0.3, 0.4) is 0 Å². The Morgan fingerprint density at radius 1 is 1.23 bits per heavy atom. The Hall–Kier alpha value is -2.79. The number of anilines is 1. The third-order valence-electron chi connectivity index (χ3n) is 3.13. The van der Waals surface area contributed by atoms with Gasteiger partial charge in [-0.1, -0.05) is 11.6 Å². The van der Waals surface area contributed by atoms with Crippen molar-refractivity contribution < 1.29 is 31.7 Å². The number of carbonyl (C=O) groups is 1. The van der Waals surface area contributed by atoms with Crippen LogP contribution in [0.5, 0.6) is 0 Å². The van der Waals surface area contributed by atoms with Gasteiger partial charge in [-0.3, -0.25) is 14.8 Å². The number of sulfonamides is 1. The summed E-state index contributed by atoms with van der Waals surface area (Å²) in [5.41, 5.74) is -2.12. The lowest BCUT2D eigenvalue weighted by atomic mass is 10.2. The van der Waals surface area contributed by atoms with Crippen molar-refractivity contribution in [2.75, 3.05) is 11.8 Å². The topological polar surface area (TPSA) is 116 Å². The summed E-state index contributed by atoms with van der Waals surface area (Å²) in [5, 5.41) is 10.6. The molecule has 0 bridgehead atoms. The molecule has 1 N–H and O–H groups in total. The number of hydrogen-bond acceptors (Lipinski definition) is 6. The van der Waals surface area contributed by atoms with Crippen LogP contribution in [-0.2, 0) is 14.8 Å². The molecule has 2 rings (SSSR count). The highest BCUT2D eigenvalue weighted by molar-refractivity contribution is 7.92. The van der Waals surface area contributed by atoms with Gasteiger partial charge in [0, 0.05) is 12.1 Å². The Morgan fingerprint density at radius 3 is 2.46 bits per heavy atom. The molecule has 0 unspecified atom stereocenters. The molecule has 0 spiro atoms. The molecule has 138 valence electrons. The van der Waals surface area contributed by atoms with Crippen molar-refractivity contribution in [3.8, 4) is 0 Å². The Bertz CT molecular complexity index is 1010. The number of rotatable bonds is 5. The number of ether oxygens (including phenoxy) is 1. The summed E-state index contributed by atoms with van der Waals surface area (Å²) >= 11 is 5.61. The van der Waals surface area contributed by atoms with Crippen LogP contribution in [0.1, 0.15) is 10.4 Å². The van der Waals surface area contributed by atoms with Crippen molar-refractivity contribution in [1.29, 1.82) is 0 Å². The quantitative estimate of drug-likeness (QED) is 0.463. The van der Waals surface area contributed by atoms with Crippen molar-refractivity contribution in [3.63, 3.8) is 0 Å².